The number of aromatic nitrogens is 1. The molecule has 0 atom stereocenters. The fourth-order valence-corrected chi connectivity index (χ4v) is 1.55. The minimum absolute atomic E-state index is 0.0390. The van der Waals surface area contributed by atoms with Gasteiger partial charge >= 0.3 is 0 Å². The fourth-order valence-electron chi connectivity index (χ4n) is 1.23. The van der Waals surface area contributed by atoms with E-state index in [2.05, 4.69) is 0 Å². The van der Waals surface area contributed by atoms with Gasteiger partial charge in [0.2, 0.25) is 5.88 Å². The summed E-state index contributed by atoms with van der Waals surface area (Å²) in [5.41, 5.74) is 0.818. The average Bonchev–Trinajstić information content (AvgIpc) is 2.47. The van der Waals surface area contributed by atoms with Crippen LogP contribution in [0, 0.1) is 0 Å². The van der Waals surface area contributed by atoms with Crippen molar-refractivity contribution in [2.75, 3.05) is 0 Å². The molecular formula is C10H7Cl2NO. The second-order valence-electron chi connectivity index (χ2n) is 2.82. The Morgan fingerprint density at radius 3 is 2.21 bits per heavy atom. The quantitative estimate of drug-likeness (QED) is 0.793. The molecule has 1 N–H and O–H groups in total. The molecule has 0 aliphatic rings. The first kappa shape index (κ1) is 9.44. The molecule has 0 bridgehead atoms. The van der Waals surface area contributed by atoms with Crippen LogP contribution in [-0.2, 0) is 0 Å². The third-order valence-corrected chi connectivity index (χ3v) is 2.67. The molecule has 1 heterocycles. The van der Waals surface area contributed by atoms with Gasteiger partial charge in [0.05, 0.1) is 5.02 Å². The Hall–Kier alpha value is -1.12. The Labute approximate surface area is 91.3 Å². The van der Waals surface area contributed by atoms with Gasteiger partial charge in [-0.1, -0.05) is 41.4 Å². The number of halogens is 2. The first-order valence-corrected chi connectivity index (χ1v) is 4.76. The van der Waals surface area contributed by atoms with E-state index in [1.54, 1.807) is 6.20 Å². The SMILES string of the molecule is Oc1c(Cl)c(Cl)cn1-c1ccccc1. The molecule has 0 amide bonds. The van der Waals surface area contributed by atoms with Crippen molar-refractivity contribution < 1.29 is 5.11 Å². The molecule has 72 valence electrons. The lowest BCUT2D eigenvalue weighted by Crippen LogP contribution is -1.89. The van der Waals surface area contributed by atoms with E-state index in [1.165, 1.54) is 4.57 Å². The molecule has 1 aromatic carbocycles. The van der Waals surface area contributed by atoms with E-state index in [0.717, 1.165) is 5.69 Å². The Balaban J connectivity index is 2.58. The number of nitrogens with zero attached hydrogens (tertiary/aromatic N) is 1. The lowest BCUT2D eigenvalue weighted by molar-refractivity contribution is 0.443. The number of hydrogen-bond donors (Lipinski definition) is 1. The van der Waals surface area contributed by atoms with Crippen LogP contribution in [0.1, 0.15) is 0 Å². The standard InChI is InChI=1S/C10H7Cl2NO/c11-8-6-13(10(14)9(8)12)7-4-2-1-3-5-7/h1-6,14H. The normalized spacial score (nSPS) is 10.4. The fraction of sp³-hybridized carbons (Fsp3) is 0. The molecule has 0 saturated heterocycles. The van der Waals surface area contributed by atoms with Crippen LogP contribution in [0.5, 0.6) is 5.88 Å². The third-order valence-electron chi connectivity index (χ3n) is 1.91. The summed E-state index contributed by atoms with van der Waals surface area (Å²) >= 11 is 11.5. The second-order valence-corrected chi connectivity index (χ2v) is 3.61. The van der Waals surface area contributed by atoms with Crippen LogP contribution in [0.2, 0.25) is 10.0 Å². The minimum Gasteiger partial charge on any atom is -0.493 e. The van der Waals surface area contributed by atoms with Gasteiger partial charge in [-0.15, -0.1) is 0 Å². The highest BCUT2D eigenvalue weighted by atomic mass is 35.5. The van der Waals surface area contributed by atoms with Crippen LogP contribution < -0.4 is 0 Å². The van der Waals surface area contributed by atoms with E-state index >= 15 is 0 Å². The van der Waals surface area contributed by atoms with E-state index in [0.29, 0.717) is 5.02 Å². The van der Waals surface area contributed by atoms with Crippen LogP contribution in [-0.4, -0.2) is 9.67 Å². The van der Waals surface area contributed by atoms with Crippen LogP contribution in [0.25, 0.3) is 5.69 Å². The molecule has 0 spiro atoms. The zero-order valence-corrected chi connectivity index (χ0v) is 8.63. The lowest BCUT2D eigenvalue weighted by Gasteiger charge is -2.03. The molecule has 2 aromatic rings. The van der Waals surface area contributed by atoms with E-state index in [-0.39, 0.29) is 10.9 Å². The molecule has 2 nitrogen and oxygen atoms in total. The van der Waals surface area contributed by atoms with Crippen molar-refractivity contribution in [3.05, 3.63) is 46.6 Å². The van der Waals surface area contributed by atoms with E-state index in [9.17, 15) is 5.11 Å². The highest BCUT2D eigenvalue weighted by molar-refractivity contribution is 6.43. The summed E-state index contributed by atoms with van der Waals surface area (Å²) in [7, 11) is 0. The Morgan fingerprint density at radius 1 is 1.07 bits per heavy atom. The van der Waals surface area contributed by atoms with Gasteiger partial charge in [0.25, 0.3) is 0 Å². The largest absolute Gasteiger partial charge is 0.493 e. The maximum Gasteiger partial charge on any atom is 0.216 e. The number of benzene rings is 1. The van der Waals surface area contributed by atoms with Gasteiger partial charge in [-0.3, -0.25) is 4.57 Å². The average molecular weight is 228 g/mol. The Morgan fingerprint density at radius 2 is 1.71 bits per heavy atom. The van der Waals surface area contributed by atoms with Crippen LogP contribution >= 0.6 is 23.2 Å². The molecule has 0 fully saturated rings. The van der Waals surface area contributed by atoms with Crippen molar-refractivity contribution in [1.29, 1.82) is 0 Å². The van der Waals surface area contributed by atoms with Gasteiger partial charge in [-0.05, 0) is 12.1 Å². The highest BCUT2D eigenvalue weighted by Crippen LogP contribution is 2.34. The summed E-state index contributed by atoms with van der Waals surface area (Å²) in [6, 6.07) is 9.35. The van der Waals surface area contributed by atoms with Crippen LogP contribution in [0.3, 0.4) is 0 Å². The van der Waals surface area contributed by atoms with Crippen molar-refractivity contribution in [1.82, 2.24) is 4.57 Å². The second kappa shape index (κ2) is 3.56. The van der Waals surface area contributed by atoms with Gasteiger partial charge < -0.3 is 5.11 Å². The van der Waals surface area contributed by atoms with Crippen molar-refractivity contribution in [2.45, 2.75) is 0 Å². The Bertz CT molecular complexity index is 451. The molecule has 0 saturated carbocycles. The number of rotatable bonds is 1. The summed E-state index contributed by atoms with van der Waals surface area (Å²) in [4.78, 5) is 0. The summed E-state index contributed by atoms with van der Waals surface area (Å²) in [6.45, 7) is 0. The minimum atomic E-state index is -0.0390. The van der Waals surface area contributed by atoms with Gasteiger partial charge in [-0.25, -0.2) is 0 Å². The molecule has 0 aliphatic heterocycles. The van der Waals surface area contributed by atoms with Gasteiger partial charge in [0, 0.05) is 11.9 Å². The molecule has 14 heavy (non-hydrogen) atoms. The zero-order chi connectivity index (χ0) is 10.1. The van der Waals surface area contributed by atoms with Crippen molar-refractivity contribution >= 4 is 23.2 Å². The first-order valence-electron chi connectivity index (χ1n) is 4.01. The van der Waals surface area contributed by atoms with Crippen molar-refractivity contribution in [2.24, 2.45) is 0 Å². The van der Waals surface area contributed by atoms with E-state index in [1.807, 2.05) is 30.3 Å². The topological polar surface area (TPSA) is 25.2 Å². The van der Waals surface area contributed by atoms with Gasteiger partial charge in [-0.2, -0.15) is 0 Å². The highest BCUT2D eigenvalue weighted by Gasteiger charge is 2.12. The summed E-state index contributed by atoms with van der Waals surface area (Å²) in [6.07, 6.45) is 1.58. The van der Waals surface area contributed by atoms with Crippen molar-refractivity contribution in [3.8, 4) is 11.6 Å². The number of aromatic hydroxyl groups is 1. The lowest BCUT2D eigenvalue weighted by atomic mass is 10.3. The molecule has 1 aromatic heterocycles. The number of para-hydroxylation sites is 1. The van der Waals surface area contributed by atoms with Crippen LogP contribution in [0.15, 0.2) is 36.5 Å². The summed E-state index contributed by atoms with van der Waals surface area (Å²) < 4.78 is 1.53. The maximum absolute atomic E-state index is 9.62. The van der Waals surface area contributed by atoms with Crippen LogP contribution in [0.4, 0.5) is 0 Å². The maximum atomic E-state index is 9.62. The number of hydrogen-bond acceptors (Lipinski definition) is 1. The predicted octanol–water partition coefficient (Wildman–Crippen LogP) is 3.49. The first-order chi connectivity index (χ1) is 6.70. The van der Waals surface area contributed by atoms with E-state index < -0.39 is 0 Å². The third kappa shape index (κ3) is 1.47. The molecule has 0 unspecified atom stereocenters. The van der Waals surface area contributed by atoms with Gasteiger partial charge in [0.15, 0.2) is 0 Å². The zero-order valence-electron chi connectivity index (χ0n) is 7.11. The molecule has 0 radical (unpaired) electrons. The van der Waals surface area contributed by atoms with Crippen molar-refractivity contribution in [3.63, 3.8) is 0 Å². The smallest absolute Gasteiger partial charge is 0.216 e. The molecule has 4 heteroatoms. The Kier molecular flexibility index (Phi) is 2.40. The monoisotopic (exact) mass is 227 g/mol. The predicted molar refractivity (Wildman–Crippen MR) is 57.5 cm³/mol. The van der Waals surface area contributed by atoms with Gasteiger partial charge in [0.1, 0.15) is 5.02 Å². The summed E-state index contributed by atoms with van der Waals surface area (Å²) in [5.74, 6) is -0.0390. The molecule has 0 aliphatic carbocycles. The molecule has 2 rings (SSSR count). The molecular weight excluding hydrogens is 221 g/mol. The summed E-state index contributed by atoms with van der Waals surface area (Å²) in [5, 5.41) is 10.1. The van der Waals surface area contributed by atoms with E-state index in [4.69, 9.17) is 23.2 Å².